The van der Waals surface area contributed by atoms with Crippen LogP contribution in [0.1, 0.15) is 0 Å². The number of benzene rings is 2. The summed E-state index contributed by atoms with van der Waals surface area (Å²) < 4.78 is 27.1. The van der Waals surface area contributed by atoms with Gasteiger partial charge < -0.3 is 5.32 Å². The van der Waals surface area contributed by atoms with Gasteiger partial charge >= 0.3 is 0 Å². The summed E-state index contributed by atoms with van der Waals surface area (Å²) in [7, 11) is 0. The molecule has 0 bridgehead atoms. The minimum Gasteiger partial charge on any atom is -0.322 e. The Balaban J connectivity index is 1.71. The van der Waals surface area contributed by atoms with Crippen molar-refractivity contribution in [2.24, 2.45) is 0 Å². The van der Waals surface area contributed by atoms with Gasteiger partial charge in [0.2, 0.25) is 11.7 Å². The molecular formula is C15H11F2N5O. The number of carbonyl (C=O) groups is 1. The van der Waals surface area contributed by atoms with E-state index >= 15 is 0 Å². The zero-order valence-corrected chi connectivity index (χ0v) is 11.8. The molecule has 6 nitrogen and oxygen atoms in total. The van der Waals surface area contributed by atoms with Crippen molar-refractivity contribution in [1.29, 1.82) is 0 Å². The van der Waals surface area contributed by atoms with Gasteiger partial charge in [0.15, 0.2) is 0 Å². The van der Waals surface area contributed by atoms with E-state index in [0.29, 0.717) is 0 Å². The van der Waals surface area contributed by atoms with Gasteiger partial charge in [-0.25, -0.2) is 8.78 Å². The van der Waals surface area contributed by atoms with Gasteiger partial charge in [-0.3, -0.25) is 4.79 Å². The molecule has 0 saturated carbocycles. The Morgan fingerprint density at radius 1 is 1.04 bits per heavy atom. The van der Waals surface area contributed by atoms with Crippen molar-refractivity contribution in [2.45, 2.75) is 6.54 Å². The molecule has 3 aromatic rings. The van der Waals surface area contributed by atoms with Gasteiger partial charge in [-0.15, -0.1) is 10.2 Å². The van der Waals surface area contributed by atoms with E-state index in [0.717, 1.165) is 4.80 Å². The van der Waals surface area contributed by atoms with Crippen LogP contribution in [-0.2, 0) is 11.3 Å². The molecule has 0 aliphatic carbocycles. The number of halogens is 2. The van der Waals surface area contributed by atoms with Crippen LogP contribution in [0.3, 0.4) is 0 Å². The molecule has 1 heterocycles. The van der Waals surface area contributed by atoms with Crippen molar-refractivity contribution in [1.82, 2.24) is 20.2 Å². The van der Waals surface area contributed by atoms with Gasteiger partial charge in [0, 0.05) is 0 Å². The van der Waals surface area contributed by atoms with E-state index in [1.165, 1.54) is 30.3 Å². The lowest BCUT2D eigenvalue weighted by Gasteiger charge is -2.04. The van der Waals surface area contributed by atoms with Crippen molar-refractivity contribution in [3.8, 4) is 11.4 Å². The highest BCUT2D eigenvalue weighted by Crippen LogP contribution is 2.17. The zero-order valence-electron chi connectivity index (χ0n) is 11.8. The summed E-state index contributed by atoms with van der Waals surface area (Å²) in [5, 5.41) is 13.8. The summed E-state index contributed by atoms with van der Waals surface area (Å²) in [6.07, 6.45) is 0. The quantitative estimate of drug-likeness (QED) is 0.801. The molecule has 1 amide bonds. The Kier molecular flexibility index (Phi) is 4.05. The van der Waals surface area contributed by atoms with Crippen LogP contribution in [0.2, 0.25) is 0 Å². The predicted octanol–water partition coefficient (Wildman–Crippen LogP) is 2.26. The lowest BCUT2D eigenvalue weighted by atomic mass is 10.2. The monoisotopic (exact) mass is 315 g/mol. The smallest absolute Gasteiger partial charge is 0.248 e. The molecule has 1 N–H and O–H groups in total. The third-order valence-electron chi connectivity index (χ3n) is 3.00. The molecule has 0 unspecified atom stereocenters. The van der Waals surface area contributed by atoms with Crippen LogP contribution < -0.4 is 5.32 Å². The normalized spacial score (nSPS) is 10.5. The maximum atomic E-state index is 13.6. The van der Waals surface area contributed by atoms with Crippen LogP contribution in [0, 0.1) is 11.6 Å². The predicted molar refractivity (Wildman–Crippen MR) is 78.2 cm³/mol. The highest BCUT2D eigenvalue weighted by Gasteiger charge is 2.13. The minimum absolute atomic E-state index is 0.0620. The number of anilines is 1. The van der Waals surface area contributed by atoms with E-state index in [2.05, 4.69) is 20.7 Å². The van der Waals surface area contributed by atoms with Crippen LogP contribution >= 0.6 is 0 Å². The third kappa shape index (κ3) is 3.37. The molecule has 0 spiro atoms. The number of carbonyl (C=O) groups excluding carboxylic acids is 1. The standard InChI is InChI=1S/C15H11F2N5O/c16-11-6-2-1-5-10(11)15-19-21-22(20-15)9-14(23)18-13-8-4-3-7-12(13)17/h1-8H,9H2,(H,18,23). The first-order chi connectivity index (χ1) is 11.1. The highest BCUT2D eigenvalue weighted by atomic mass is 19.1. The molecular weight excluding hydrogens is 304 g/mol. The number of aromatic nitrogens is 4. The molecule has 0 aliphatic heterocycles. The Morgan fingerprint density at radius 2 is 1.74 bits per heavy atom. The maximum absolute atomic E-state index is 13.6. The second-order valence-corrected chi connectivity index (χ2v) is 4.65. The Hall–Kier alpha value is -3.16. The first kappa shape index (κ1) is 14.8. The molecule has 0 atom stereocenters. The Labute approximate surface area is 129 Å². The number of hydrogen-bond acceptors (Lipinski definition) is 4. The van der Waals surface area contributed by atoms with E-state index in [4.69, 9.17) is 0 Å². The summed E-state index contributed by atoms with van der Waals surface area (Å²) >= 11 is 0. The van der Waals surface area contributed by atoms with Crippen LogP contribution in [-0.4, -0.2) is 26.1 Å². The molecule has 0 saturated heterocycles. The number of amides is 1. The SMILES string of the molecule is O=C(Cn1nnc(-c2ccccc2F)n1)Nc1ccccc1F. The van der Waals surface area contributed by atoms with E-state index in [1.54, 1.807) is 18.2 Å². The summed E-state index contributed by atoms with van der Waals surface area (Å²) in [6, 6.07) is 11.8. The lowest BCUT2D eigenvalue weighted by Crippen LogP contribution is -2.21. The van der Waals surface area contributed by atoms with Crippen LogP contribution in [0.5, 0.6) is 0 Å². The van der Waals surface area contributed by atoms with Crippen molar-refractivity contribution in [3.63, 3.8) is 0 Å². The van der Waals surface area contributed by atoms with E-state index in [-0.39, 0.29) is 23.6 Å². The summed E-state index contributed by atoms with van der Waals surface area (Å²) in [6.45, 7) is -0.268. The summed E-state index contributed by atoms with van der Waals surface area (Å²) in [5.74, 6) is -1.48. The fourth-order valence-corrected chi connectivity index (χ4v) is 1.94. The number of tetrazole rings is 1. The number of hydrogen-bond donors (Lipinski definition) is 1. The maximum Gasteiger partial charge on any atom is 0.248 e. The Morgan fingerprint density at radius 3 is 2.48 bits per heavy atom. The van der Waals surface area contributed by atoms with Gasteiger partial charge in [0.1, 0.15) is 18.2 Å². The van der Waals surface area contributed by atoms with Crippen molar-refractivity contribution < 1.29 is 13.6 Å². The van der Waals surface area contributed by atoms with Crippen molar-refractivity contribution >= 4 is 11.6 Å². The molecule has 2 aromatic carbocycles. The first-order valence-electron chi connectivity index (χ1n) is 6.70. The second-order valence-electron chi connectivity index (χ2n) is 4.65. The van der Waals surface area contributed by atoms with Gasteiger partial charge in [0.25, 0.3) is 0 Å². The molecule has 0 aliphatic rings. The number of nitrogens with one attached hydrogen (secondary N) is 1. The molecule has 0 radical (unpaired) electrons. The first-order valence-corrected chi connectivity index (χ1v) is 6.70. The zero-order chi connectivity index (χ0) is 16.2. The topological polar surface area (TPSA) is 72.7 Å². The van der Waals surface area contributed by atoms with Gasteiger partial charge in [-0.1, -0.05) is 24.3 Å². The largest absolute Gasteiger partial charge is 0.322 e. The molecule has 3 rings (SSSR count). The fourth-order valence-electron chi connectivity index (χ4n) is 1.94. The second kappa shape index (κ2) is 6.30. The molecule has 1 aromatic heterocycles. The van der Waals surface area contributed by atoms with Crippen LogP contribution in [0.25, 0.3) is 11.4 Å². The average Bonchev–Trinajstić information content (AvgIpc) is 2.98. The third-order valence-corrected chi connectivity index (χ3v) is 3.00. The van der Waals surface area contributed by atoms with Crippen molar-refractivity contribution in [2.75, 3.05) is 5.32 Å². The molecule has 8 heteroatoms. The summed E-state index contributed by atoms with van der Waals surface area (Å²) in [4.78, 5) is 12.9. The van der Waals surface area contributed by atoms with E-state index < -0.39 is 17.5 Å². The molecule has 23 heavy (non-hydrogen) atoms. The van der Waals surface area contributed by atoms with Crippen LogP contribution in [0.4, 0.5) is 14.5 Å². The van der Waals surface area contributed by atoms with Crippen LogP contribution in [0.15, 0.2) is 48.5 Å². The van der Waals surface area contributed by atoms with Crippen molar-refractivity contribution in [3.05, 3.63) is 60.2 Å². The number of nitrogens with zero attached hydrogens (tertiary/aromatic N) is 4. The van der Waals surface area contributed by atoms with Gasteiger partial charge in [-0.05, 0) is 29.5 Å². The number of rotatable bonds is 4. The lowest BCUT2D eigenvalue weighted by molar-refractivity contribution is -0.117. The minimum atomic E-state index is -0.542. The fraction of sp³-hybridized carbons (Fsp3) is 0.0667. The average molecular weight is 315 g/mol. The van der Waals surface area contributed by atoms with Gasteiger partial charge in [-0.2, -0.15) is 4.80 Å². The molecule has 0 fully saturated rings. The highest BCUT2D eigenvalue weighted by molar-refractivity contribution is 5.90. The summed E-state index contributed by atoms with van der Waals surface area (Å²) in [5.41, 5.74) is 0.250. The van der Waals surface area contributed by atoms with Gasteiger partial charge in [0.05, 0.1) is 11.3 Å². The Bertz CT molecular complexity index is 849. The van der Waals surface area contributed by atoms with E-state index in [9.17, 15) is 13.6 Å². The number of para-hydroxylation sites is 1. The van der Waals surface area contributed by atoms with E-state index in [1.807, 2.05) is 0 Å². The molecule has 116 valence electrons.